The van der Waals surface area contributed by atoms with E-state index in [-0.39, 0.29) is 5.56 Å². The molecular formula is C10H12BrNO3. The minimum absolute atomic E-state index is 0.258. The van der Waals surface area contributed by atoms with Crippen LogP contribution in [0.3, 0.4) is 0 Å². The Balaban J connectivity index is 3.23. The number of anilines is 1. The van der Waals surface area contributed by atoms with Crippen LogP contribution in [0.1, 0.15) is 17.3 Å². The molecule has 0 aliphatic carbocycles. The van der Waals surface area contributed by atoms with Crippen molar-refractivity contribution >= 4 is 27.6 Å². The van der Waals surface area contributed by atoms with Crippen molar-refractivity contribution in [3.8, 4) is 5.75 Å². The standard InChI is InChI=1S/C10H12BrNO3/c1-3-15-10(13)8-7(14-2)5-4-6(11)9(8)12/h4-5H,3,12H2,1-2H3. The van der Waals surface area contributed by atoms with Gasteiger partial charge in [0.05, 0.1) is 19.4 Å². The highest BCUT2D eigenvalue weighted by Crippen LogP contribution is 2.31. The number of nitrogens with two attached hydrogens (primary N) is 1. The van der Waals surface area contributed by atoms with Crippen LogP contribution < -0.4 is 10.5 Å². The van der Waals surface area contributed by atoms with Crippen molar-refractivity contribution in [2.45, 2.75) is 6.92 Å². The maximum Gasteiger partial charge on any atom is 0.344 e. The second-order valence-corrected chi connectivity index (χ2v) is 3.61. The van der Waals surface area contributed by atoms with Crippen LogP contribution in [0.2, 0.25) is 0 Å². The van der Waals surface area contributed by atoms with Crippen molar-refractivity contribution < 1.29 is 14.3 Å². The fourth-order valence-corrected chi connectivity index (χ4v) is 1.49. The summed E-state index contributed by atoms with van der Waals surface area (Å²) in [5.74, 6) is -0.0673. The first-order valence-corrected chi connectivity index (χ1v) is 5.20. The smallest absolute Gasteiger partial charge is 0.344 e. The van der Waals surface area contributed by atoms with Gasteiger partial charge in [-0.3, -0.25) is 0 Å². The zero-order valence-electron chi connectivity index (χ0n) is 8.54. The lowest BCUT2D eigenvalue weighted by Gasteiger charge is -2.11. The zero-order valence-corrected chi connectivity index (χ0v) is 10.1. The average molecular weight is 274 g/mol. The van der Waals surface area contributed by atoms with Crippen molar-refractivity contribution in [1.82, 2.24) is 0 Å². The first-order chi connectivity index (χ1) is 7.11. The summed E-state index contributed by atoms with van der Waals surface area (Å²) in [6.45, 7) is 2.03. The van der Waals surface area contributed by atoms with Crippen molar-refractivity contribution in [1.29, 1.82) is 0 Å². The predicted octanol–water partition coefficient (Wildman–Crippen LogP) is 2.22. The molecule has 1 aromatic carbocycles. The monoisotopic (exact) mass is 273 g/mol. The van der Waals surface area contributed by atoms with E-state index in [4.69, 9.17) is 15.2 Å². The summed E-state index contributed by atoms with van der Waals surface area (Å²) >= 11 is 3.24. The minimum Gasteiger partial charge on any atom is -0.496 e. The van der Waals surface area contributed by atoms with Gasteiger partial charge < -0.3 is 15.2 Å². The van der Waals surface area contributed by atoms with Gasteiger partial charge in [-0.25, -0.2) is 4.79 Å². The Labute approximate surface area is 96.5 Å². The lowest BCUT2D eigenvalue weighted by molar-refractivity contribution is 0.0524. The lowest BCUT2D eigenvalue weighted by Crippen LogP contribution is -2.10. The van der Waals surface area contributed by atoms with Gasteiger partial charge in [0.1, 0.15) is 11.3 Å². The molecule has 4 nitrogen and oxygen atoms in total. The largest absolute Gasteiger partial charge is 0.496 e. The molecule has 0 saturated heterocycles. The number of esters is 1. The fraction of sp³-hybridized carbons (Fsp3) is 0.300. The van der Waals surface area contributed by atoms with E-state index in [1.54, 1.807) is 19.1 Å². The number of hydrogen-bond donors (Lipinski definition) is 1. The third-order valence-corrected chi connectivity index (χ3v) is 2.55. The van der Waals surface area contributed by atoms with Crippen molar-refractivity contribution in [3.05, 3.63) is 22.2 Å². The lowest BCUT2D eigenvalue weighted by atomic mass is 10.1. The number of carbonyl (C=O) groups is 1. The number of carbonyl (C=O) groups excluding carboxylic acids is 1. The predicted molar refractivity (Wildman–Crippen MR) is 61.1 cm³/mol. The molecule has 0 aromatic heterocycles. The molecule has 0 unspecified atom stereocenters. The molecule has 1 aromatic rings. The Hall–Kier alpha value is -1.23. The van der Waals surface area contributed by atoms with E-state index in [0.29, 0.717) is 22.5 Å². The van der Waals surface area contributed by atoms with E-state index in [1.807, 2.05) is 0 Å². The van der Waals surface area contributed by atoms with E-state index >= 15 is 0 Å². The molecule has 0 spiro atoms. The summed E-state index contributed by atoms with van der Waals surface area (Å²) in [7, 11) is 1.48. The molecule has 0 amide bonds. The van der Waals surface area contributed by atoms with Crippen LogP contribution in [-0.4, -0.2) is 19.7 Å². The van der Waals surface area contributed by atoms with Gasteiger partial charge in [-0.15, -0.1) is 0 Å². The van der Waals surface area contributed by atoms with Gasteiger partial charge in [-0.05, 0) is 35.0 Å². The third kappa shape index (κ3) is 2.41. The van der Waals surface area contributed by atoms with Gasteiger partial charge in [0.2, 0.25) is 0 Å². The molecule has 1 rings (SSSR count). The quantitative estimate of drug-likeness (QED) is 0.678. The Morgan fingerprint density at radius 1 is 1.53 bits per heavy atom. The highest BCUT2D eigenvalue weighted by atomic mass is 79.9. The molecule has 0 bridgehead atoms. The van der Waals surface area contributed by atoms with Gasteiger partial charge in [0.15, 0.2) is 0 Å². The second-order valence-electron chi connectivity index (χ2n) is 2.76. The van der Waals surface area contributed by atoms with Gasteiger partial charge in [-0.1, -0.05) is 0 Å². The van der Waals surface area contributed by atoms with Gasteiger partial charge in [0, 0.05) is 4.47 Å². The van der Waals surface area contributed by atoms with Crippen molar-refractivity contribution in [2.75, 3.05) is 19.5 Å². The van der Waals surface area contributed by atoms with Crippen LogP contribution in [0.25, 0.3) is 0 Å². The molecule has 0 atom stereocenters. The van der Waals surface area contributed by atoms with E-state index in [1.165, 1.54) is 7.11 Å². The second kappa shape index (κ2) is 5.02. The molecule has 5 heteroatoms. The van der Waals surface area contributed by atoms with Crippen molar-refractivity contribution in [2.24, 2.45) is 0 Å². The maximum atomic E-state index is 11.6. The van der Waals surface area contributed by atoms with Gasteiger partial charge in [-0.2, -0.15) is 0 Å². The molecule has 0 radical (unpaired) electrons. The summed E-state index contributed by atoms with van der Waals surface area (Å²) in [6, 6.07) is 3.38. The number of benzene rings is 1. The number of ether oxygens (including phenoxy) is 2. The highest BCUT2D eigenvalue weighted by molar-refractivity contribution is 9.10. The van der Waals surface area contributed by atoms with E-state index < -0.39 is 5.97 Å². The summed E-state index contributed by atoms with van der Waals surface area (Å²) < 4.78 is 10.6. The zero-order chi connectivity index (χ0) is 11.4. The Morgan fingerprint density at radius 3 is 2.73 bits per heavy atom. The van der Waals surface area contributed by atoms with Crippen LogP contribution in [0, 0.1) is 0 Å². The number of methoxy groups -OCH3 is 1. The van der Waals surface area contributed by atoms with Crippen LogP contribution in [0.4, 0.5) is 5.69 Å². The Kier molecular flexibility index (Phi) is 3.96. The number of rotatable bonds is 3. The molecule has 0 heterocycles. The van der Waals surface area contributed by atoms with Crippen LogP contribution in [-0.2, 0) is 4.74 Å². The normalized spacial score (nSPS) is 9.80. The molecular weight excluding hydrogens is 262 g/mol. The highest BCUT2D eigenvalue weighted by Gasteiger charge is 2.18. The van der Waals surface area contributed by atoms with E-state index in [0.717, 1.165) is 0 Å². The van der Waals surface area contributed by atoms with Crippen molar-refractivity contribution in [3.63, 3.8) is 0 Å². The first-order valence-electron chi connectivity index (χ1n) is 4.40. The Bertz CT molecular complexity index is 379. The fourth-order valence-electron chi connectivity index (χ4n) is 1.16. The SMILES string of the molecule is CCOC(=O)c1c(OC)ccc(Br)c1N. The number of nitrogen functional groups attached to an aromatic ring is 1. The van der Waals surface area contributed by atoms with Gasteiger partial charge in [0.25, 0.3) is 0 Å². The molecule has 0 aliphatic heterocycles. The minimum atomic E-state index is -0.479. The third-order valence-electron chi connectivity index (χ3n) is 1.85. The summed E-state index contributed by atoms with van der Waals surface area (Å²) in [6.07, 6.45) is 0. The van der Waals surface area contributed by atoms with E-state index in [2.05, 4.69) is 15.9 Å². The molecule has 0 saturated carbocycles. The van der Waals surface area contributed by atoms with Crippen LogP contribution in [0.15, 0.2) is 16.6 Å². The molecule has 2 N–H and O–H groups in total. The number of hydrogen-bond acceptors (Lipinski definition) is 4. The van der Waals surface area contributed by atoms with Crippen LogP contribution in [0.5, 0.6) is 5.75 Å². The van der Waals surface area contributed by atoms with Gasteiger partial charge >= 0.3 is 5.97 Å². The average Bonchev–Trinajstić information content (AvgIpc) is 2.22. The topological polar surface area (TPSA) is 61.5 Å². The van der Waals surface area contributed by atoms with Crippen LogP contribution >= 0.6 is 15.9 Å². The summed E-state index contributed by atoms with van der Waals surface area (Å²) in [5, 5.41) is 0. The molecule has 0 aliphatic rings. The number of halogens is 1. The summed E-state index contributed by atoms with van der Waals surface area (Å²) in [4.78, 5) is 11.6. The van der Waals surface area contributed by atoms with E-state index in [9.17, 15) is 4.79 Å². The molecule has 0 fully saturated rings. The summed E-state index contributed by atoms with van der Waals surface area (Å²) in [5.41, 5.74) is 6.35. The molecule has 15 heavy (non-hydrogen) atoms. The Morgan fingerprint density at radius 2 is 2.20 bits per heavy atom. The first kappa shape index (κ1) is 11.8. The maximum absolute atomic E-state index is 11.6. The molecule has 82 valence electrons.